The van der Waals surface area contributed by atoms with E-state index in [0.717, 1.165) is 5.56 Å². The van der Waals surface area contributed by atoms with Gasteiger partial charge in [-0.15, -0.1) is 11.3 Å². The molecule has 0 amide bonds. The van der Waals surface area contributed by atoms with E-state index in [2.05, 4.69) is 35.8 Å². The Morgan fingerprint density at radius 2 is 2.00 bits per heavy atom. The zero-order valence-corrected chi connectivity index (χ0v) is 12.2. The molecule has 0 bridgehead atoms. The first kappa shape index (κ1) is 12.8. The summed E-state index contributed by atoms with van der Waals surface area (Å²) >= 11 is 5.45. The second kappa shape index (κ2) is 5.32. The van der Waals surface area contributed by atoms with E-state index < -0.39 is 0 Å². The highest BCUT2D eigenvalue weighted by molar-refractivity contribution is 9.09. The Kier molecular flexibility index (Phi) is 4.00. The van der Waals surface area contributed by atoms with Crippen molar-refractivity contribution < 1.29 is 4.39 Å². The van der Waals surface area contributed by atoms with Crippen LogP contribution >= 0.6 is 27.3 Å². The zero-order chi connectivity index (χ0) is 12.4. The maximum absolute atomic E-state index is 13.6. The van der Waals surface area contributed by atoms with Gasteiger partial charge in [-0.2, -0.15) is 0 Å². The molecule has 0 radical (unpaired) electrons. The lowest BCUT2D eigenvalue weighted by Crippen LogP contribution is -1.98. The number of aryl methyl sites for hydroxylation is 2. The van der Waals surface area contributed by atoms with Gasteiger partial charge in [0.05, 0.1) is 0 Å². The lowest BCUT2D eigenvalue weighted by molar-refractivity contribution is 0.608. The number of halogens is 2. The SMILES string of the molecule is Cc1cc(C(Br)Cc2ccccc2F)c(C)s1. The second-order valence-corrected chi connectivity index (χ2v) is 6.70. The molecule has 0 N–H and O–H groups in total. The zero-order valence-electron chi connectivity index (χ0n) is 9.84. The standard InChI is InChI=1S/C14H14BrFS/c1-9-7-12(10(2)17-9)13(15)8-11-5-3-4-6-14(11)16/h3-7,13H,8H2,1-2H3. The minimum atomic E-state index is -0.124. The fourth-order valence-electron chi connectivity index (χ4n) is 1.93. The molecule has 3 heteroatoms. The van der Waals surface area contributed by atoms with Gasteiger partial charge >= 0.3 is 0 Å². The second-order valence-electron chi connectivity index (χ2n) is 4.13. The van der Waals surface area contributed by atoms with Crippen LogP contribution in [0.1, 0.15) is 25.7 Å². The van der Waals surface area contributed by atoms with Gasteiger partial charge in [0, 0.05) is 14.6 Å². The fourth-order valence-corrected chi connectivity index (χ4v) is 3.89. The molecule has 1 aromatic carbocycles. The van der Waals surface area contributed by atoms with Crippen LogP contribution in [0.3, 0.4) is 0 Å². The van der Waals surface area contributed by atoms with Crippen LogP contribution < -0.4 is 0 Å². The van der Waals surface area contributed by atoms with Gasteiger partial charge in [0.25, 0.3) is 0 Å². The largest absolute Gasteiger partial charge is 0.207 e. The Morgan fingerprint density at radius 3 is 2.59 bits per heavy atom. The van der Waals surface area contributed by atoms with Crippen LogP contribution in [0.5, 0.6) is 0 Å². The van der Waals surface area contributed by atoms with E-state index in [9.17, 15) is 4.39 Å². The molecule has 0 spiro atoms. The third-order valence-electron chi connectivity index (χ3n) is 2.77. The molecule has 2 rings (SSSR count). The molecule has 0 aliphatic carbocycles. The minimum Gasteiger partial charge on any atom is -0.207 e. The average Bonchev–Trinajstić information content (AvgIpc) is 2.61. The van der Waals surface area contributed by atoms with E-state index in [0.29, 0.717) is 6.42 Å². The maximum atomic E-state index is 13.6. The maximum Gasteiger partial charge on any atom is 0.126 e. The highest BCUT2D eigenvalue weighted by Crippen LogP contribution is 2.34. The van der Waals surface area contributed by atoms with Crippen molar-refractivity contribution >= 4 is 27.3 Å². The molecule has 1 aromatic heterocycles. The summed E-state index contributed by atoms with van der Waals surface area (Å²) in [5.74, 6) is -0.124. The molecular formula is C14H14BrFS. The Hall–Kier alpha value is -0.670. The highest BCUT2D eigenvalue weighted by Gasteiger charge is 2.15. The predicted octanol–water partition coefficient (Wildman–Crippen LogP) is 5.18. The number of rotatable bonds is 3. The molecule has 17 heavy (non-hydrogen) atoms. The van der Waals surface area contributed by atoms with Gasteiger partial charge < -0.3 is 0 Å². The molecule has 0 aliphatic rings. The van der Waals surface area contributed by atoms with Crippen molar-refractivity contribution in [2.75, 3.05) is 0 Å². The highest BCUT2D eigenvalue weighted by atomic mass is 79.9. The van der Waals surface area contributed by atoms with Crippen LogP contribution in [0.25, 0.3) is 0 Å². The first-order valence-electron chi connectivity index (χ1n) is 5.52. The first-order chi connectivity index (χ1) is 8.08. The fraction of sp³-hybridized carbons (Fsp3) is 0.286. The molecule has 0 aliphatic heterocycles. The monoisotopic (exact) mass is 312 g/mol. The number of hydrogen-bond acceptors (Lipinski definition) is 1. The van der Waals surface area contributed by atoms with Crippen LogP contribution in [0, 0.1) is 19.7 Å². The van der Waals surface area contributed by atoms with E-state index in [1.807, 2.05) is 12.1 Å². The van der Waals surface area contributed by atoms with Crippen LogP contribution in [0.15, 0.2) is 30.3 Å². The van der Waals surface area contributed by atoms with Gasteiger partial charge in [-0.25, -0.2) is 4.39 Å². The quantitative estimate of drug-likeness (QED) is 0.685. The topological polar surface area (TPSA) is 0 Å². The Bertz CT molecular complexity index is 519. The first-order valence-corrected chi connectivity index (χ1v) is 7.25. The van der Waals surface area contributed by atoms with Crippen LogP contribution in [-0.4, -0.2) is 0 Å². The van der Waals surface area contributed by atoms with E-state index in [-0.39, 0.29) is 10.6 Å². The number of benzene rings is 1. The van der Waals surface area contributed by atoms with Gasteiger partial charge in [0.15, 0.2) is 0 Å². The summed E-state index contributed by atoms with van der Waals surface area (Å²) in [5.41, 5.74) is 2.04. The molecule has 1 unspecified atom stereocenters. The van der Waals surface area contributed by atoms with Gasteiger partial charge in [-0.3, -0.25) is 0 Å². The summed E-state index contributed by atoms with van der Waals surface area (Å²) in [6.45, 7) is 4.21. The van der Waals surface area contributed by atoms with Gasteiger partial charge in [0.1, 0.15) is 5.82 Å². The summed E-state index contributed by atoms with van der Waals surface area (Å²) in [5, 5.41) is 0. The molecule has 0 saturated carbocycles. The Labute approximate surface area is 114 Å². The molecule has 90 valence electrons. The van der Waals surface area contributed by atoms with Crippen molar-refractivity contribution in [3.8, 4) is 0 Å². The van der Waals surface area contributed by atoms with Gasteiger partial charge in [-0.1, -0.05) is 34.1 Å². The van der Waals surface area contributed by atoms with Crippen molar-refractivity contribution in [3.05, 3.63) is 57.0 Å². The number of hydrogen-bond donors (Lipinski definition) is 0. The van der Waals surface area contributed by atoms with Crippen LogP contribution in [0.4, 0.5) is 4.39 Å². The third kappa shape index (κ3) is 2.96. The summed E-state index contributed by atoms with van der Waals surface area (Å²) in [7, 11) is 0. The van der Waals surface area contributed by atoms with Crippen LogP contribution in [-0.2, 0) is 6.42 Å². The minimum absolute atomic E-state index is 0.124. The molecular weight excluding hydrogens is 299 g/mol. The van der Waals surface area contributed by atoms with Crippen molar-refractivity contribution in [1.29, 1.82) is 0 Å². The summed E-state index contributed by atoms with van der Waals surface area (Å²) in [6, 6.07) is 9.14. The van der Waals surface area contributed by atoms with Crippen molar-refractivity contribution in [2.45, 2.75) is 25.1 Å². The van der Waals surface area contributed by atoms with E-state index in [4.69, 9.17) is 0 Å². The molecule has 0 fully saturated rings. The molecule has 2 aromatic rings. The Morgan fingerprint density at radius 1 is 1.29 bits per heavy atom. The summed E-state index contributed by atoms with van der Waals surface area (Å²) in [6.07, 6.45) is 0.684. The molecule has 1 atom stereocenters. The summed E-state index contributed by atoms with van der Waals surface area (Å²) < 4.78 is 13.6. The van der Waals surface area contributed by atoms with Crippen LogP contribution in [0.2, 0.25) is 0 Å². The normalized spacial score (nSPS) is 12.7. The molecule has 0 saturated heterocycles. The number of thiophene rings is 1. The molecule has 0 nitrogen and oxygen atoms in total. The molecule has 1 heterocycles. The Balaban J connectivity index is 2.20. The van der Waals surface area contributed by atoms with Crippen molar-refractivity contribution in [3.63, 3.8) is 0 Å². The van der Waals surface area contributed by atoms with E-state index in [1.165, 1.54) is 21.4 Å². The van der Waals surface area contributed by atoms with Crippen molar-refractivity contribution in [1.82, 2.24) is 0 Å². The predicted molar refractivity (Wildman–Crippen MR) is 75.6 cm³/mol. The van der Waals surface area contributed by atoms with E-state index in [1.54, 1.807) is 17.4 Å². The van der Waals surface area contributed by atoms with Crippen molar-refractivity contribution in [2.24, 2.45) is 0 Å². The smallest absolute Gasteiger partial charge is 0.126 e. The number of alkyl halides is 1. The lowest BCUT2D eigenvalue weighted by Gasteiger charge is -2.10. The average molecular weight is 313 g/mol. The van der Waals surface area contributed by atoms with Gasteiger partial charge in [-0.05, 0) is 43.5 Å². The summed E-state index contributed by atoms with van der Waals surface area (Å²) in [4.78, 5) is 2.79. The van der Waals surface area contributed by atoms with E-state index >= 15 is 0 Å². The van der Waals surface area contributed by atoms with Gasteiger partial charge in [0.2, 0.25) is 0 Å². The third-order valence-corrected chi connectivity index (χ3v) is 4.57. The lowest BCUT2D eigenvalue weighted by atomic mass is 10.0.